The zero-order valence-electron chi connectivity index (χ0n) is 10.1. The van der Waals surface area contributed by atoms with E-state index in [1.165, 1.54) is 0 Å². The zero-order valence-corrected chi connectivity index (χ0v) is 10.1. The molecule has 1 N–H and O–H groups in total. The number of carboxylic acids is 1. The summed E-state index contributed by atoms with van der Waals surface area (Å²) in [5.74, 6) is -0.141. The monoisotopic (exact) mass is 227 g/mol. The summed E-state index contributed by atoms with van der Waals surface area (Å²) in [6, 6.07) is 0. The van der Waals surface area contributed by atoms with Gasteiger partial charge in [-0.2, -0.15) is 0 Å². The normalized spacial score (nSPS) is 21.2. The molecule has 0 aromatic rings. The van der Waals surface area contributed by atoms with Gasteiger partial charge in [0, 0.05) is 25.4 Å². The highest BCUT2D eigenvalue weighted by molar-refractivity contribution is 5.78. The Balaban J connectivity index is 2.41. The predicted molar refractivity (Wildman–Crippen MR) is 61.0 cm³/mol. The average molecular weight is 227 g/mol. The van der Waals surface area contributed by atoms with Crippen LogP contribution in [-0.4, -0.2) is 35.0 Å². The number of amides is 1. The Morgan fingerprint density at radius 2 is 2.12 bits per heavy atom. The number of rotatable bonds is 4. The van der Waals surface area contributed by atoms with E-state index in [0.29, 0.717) is 12.3 Å². The van der Waals surface area contributed by atoms with Crippen LogP contribution in [0, 0.1) is 11.8 Å². The maximum Gasteiger partial charge on any atom is 0.303 e. The molecule has 1 aliphatic heterocycles. The number of piperidine rings is 1. The van der Waals surface area contributed by atoms with Crippen molar-refractivity contribution in [2.24, 2.45) is 11.8 Å². The van der Waals surface area contributed by atoms with E-state index in [4.69, 9.17) is 5.11 Å². The highest BCUT2D eigenvalue weighted by Crippen LogP contribution is 2.22. The molecule has 4 nitrogen and oxygen atoms in total. The van der Waals surface area contributed by atoms with Crippen LogP contribution in [0.4, 0.5) is 0 Å². The van der Waals surface area contributed by atoms with E-state index >= 15 is 0 Å². The molecule has 0 spiro atoms. The number of likely N-dealkylation sites (tertiary alicyclic amines) is 1. The molecular weight excluding hydrogens is 206 g/mol. The maximum atomic E-state index is 11.8. The summed E-state index contributed by atoms with van der Waals surface area (Å²) >= 11 is 0. The minimum absolute atomic E-state index is 0.0400. The molecule has 92 valence electrons. The number of hydrogen-bond donors (Lipinski definition) is 1. The summed E-state index contributed by atoms with van der Waals surface area (Å²) in [6.45, 7) is 5.39. The summed E-state index contributed by atoms with van der Waals surface area (Å²) in [6.07, 6.45) is 2.96. The molecule has 1 heterocycles. The molecule has 4 heteroatoms. The third kappa shape index (κ3) is 3.83. The van der Waals surface area contributed by atoms with Crippen LogP contribution in [0.15, 0.2) is 0 Å². The summed E-state index contributed by atoms with van der Waals surface area (Å²) in [4.78, 5) is 24.2. The van der Waals surface area contributed by atoms with Gasteiger partial charge in [-0.15, -0.1) is 0 Å². The van der Waals surface area contributed by atoms with Gasteiger partial charge in [0.25, 0.3) is 0 Å². The molecule has 16 heavy (non-hydrogen) atoms. The van der Waals surface area contributed by atoms with E-state index in [1.807, 2.05) is 18.7 Å². The lowest BCUT2D eigenvalue weighted by atomic mass is 9.93. The van der Waals surface area contributed by atoms with Gasteiger partial charge in [-0.1, -0.05) is 13.8 Å². The van der Waals surface area contributed by atoms with E-state index in [-0.39, 0.29) is 18.2 Å². The minimum atomic E-state index is -0.743. The van der Waals surface area contributed by atoms with Crippen LogP contribution in [0.2, 0.25) is 0 Å². The molecule has 1 unspecified atom stereocenters. The van der Waals surface area contributed by atoms with Gasteiger partial charge in [-0.25, -0.2) is 0 Å². The van der Waals surface area contributed by atoms with Crippen molar-refractivity contribution in [3.05, 3.63) is 0 Å². The van der Waals surface area contributed by atoms with Gasteiger partial charge < -0.3 is 10.0 Å². The van der Waals surface area contributed by atoms with Gasteiger partial charge in [-0.05, 0) is 25.2 Å². The molecule has 1 aliphatic rings. The molecule has 1 fully saturated rings. The Bertz CT molecular complexity index is 263. The van der Waals surface area contributed by atoms with E-state index in [1.54, 1.807) is 0 Å². The van der Waals surface area contributed by atoms with Crippen LogP contribution in [0.1, 0.15) is 39.5 Å². The first-order valence-electron chi connectivity index (χ1n) is 6.01. The van der Waals surface area contributed by atoms with Gasteiger partial charge in [-0.3, -0.25) is 9.59 Å². The average Bonchev–Trinajstić information content (AvgIpc) is 2.25. The second-order valence-corrected chi connectivity index (χ2v) is 4.88. The molecule has 1 amide bonds. The maximum absolute atomic E-state index is 11.8. The number of hydrogen-bond acceptors (Lipinski definition) is 2. The quantitative estimate of drug-likeness (QED) is 0.796. The Morgan fingerprint density at radius 1 is 1.44 bits per heavy atom. The molecule has 1 rings (SSSR count). The predicted octanol–water partition coefficient (Wildman–Crippen LogP) is 1.75. The number of carbonyl (C=O) groups is 2. The summed E-state index contributed by atoms with van der Waals surface area (Å²) < 4.78 is 0. The molecule has 0 radical (unpaired) electrons. The lowest BCUT2D eigenvalue weighted by Gasteiger charge is -2.33. The molecule has 0 aromatic carbocycles. The molecule has 0 saturated carbocycles. The Hall–Kier alpha value is -1.06. The fraction of sp³-hybridized carbons (Fsp3) is 0.833. The van der Waals surface area contributed by atoms with E-state index in [2.05, 4.69) is 0 Å². The first kappa shape index (κ1) is 13.0. The summed E-state index contributed by atoms with van der Waals surface area (Å²) in [5.41, 5.74) is 0. The molecule has 1 saturated heterocycles. The first-order valence-corrected chi connectivity index (χ1v) is 6.01. The van der Waals surface area contributed by atoms with Crippen molar-refractivity contribution in [3.8, 4) is 0 Å². The van der Waals surface area contributed by atoms with Gasteiger partial charge in [0.15, 0.2) is 0 Å². The third-order valence-corrected chi connectivity index (χ3v) is 3.09. The highest BCUT2D eigenvalue weighted by Gasteiger charge is 2.25. The largest absolute Gasteiger partial charge is 0.481 e. The van der Waals surface area contributed by atoms with Crippen molar-refractivity contribution < 1.29 is 14.7 Å². The van der Waals surface area contributed by atoms with Crippen molar-refractivity contribution >= 4 is 11.9 Å². The minimum Gasteiger partial charge on any atom is -0.481 e. The third-order valence-electron chi connectivity index (χ3n) is 3.09. The van der Waals surface area contributed by atoms with E-state index < -0.39 is 5.97 Å². The molecule has 0 bridgehead atoms. The van der Waals surface area contributed by atoms with Crippen LogP contribution >= 0.6 is 0 Å². The van der Waals surface area contributed by atoms with Gasteiger partial charge in [0.1, 0.15) is 0 Å². The van der Waals surface area contributed by atoms with E-state index in [0.717, 1.165) is 25.9 Å². The molecule has 0 aromatic heterocycles. The Labute approximate surface area is 96.6 Å². The number of carbonyl (C=O) groups excluding carboxylic acids is 1. The van der Waals surface area contributed by atoms with Crippen LogP contribution < -0.4 is 0 Å². The SMILES string of the molecule is CC(C)C(=O)N1CCCC(CCC(=O)O)C1. The lowest BCUT2D eigenvalue weighted by Crippen LogP contribution is -2.42. The standard InChI is InChI=1S/C12H21NO3/c1-9(2)12(16)13-7-3-4-10(8-13)5-6-11(14)15/h9-10H,3-8H2,1-2H3,(H,14,15). The van der Waals surface area contributed by atoms with Crippen molar-refractivity contribution in [1.82, 2.24) is 4.90 Å². The number of carboxylic acid groups (broad SMARTS) is 1. The fourth-order valence-electron chi connectivity index (χ4n) is 2.19. The number of aliphatic carboxylic acids is 1. The van der Waals surface area contributed by atoms with Crippen LogP contribution in [0.5, 0.6) is 0 Å². The Morgan fingerprint density at radius 3 is 2.69 bits per heavy atom. The Kier molecular flexibility index (Phi) is 4.77. The summed E-state index contributed by atoms with van der Waals surface area (Å²) in [7, 11) is 0. The second-order valence-electron chi connectivity index (χ2n) is 4.88. The van der Waals surface area contributed by atoms with Crippen molar-refractivity contribution in [1.29, 1.82) is 0 Å². The van der Waals surface area contributed by atoms with Crippen LogP contribution in [0.25, 0.3) is 0 Å². The molecule has 0 aliphatic carbocycles. The van der Waals surface area contributed by atoms with E-state index in [9.17, 15) is 9.59 Å². The van der Waals surface area contributed by atoms with Gasteiger partial charge in [0.05, 0.1) is 0 Å². The summed E-state index contributed by atoms with van der Waals surface area (Å²) in [5, 5.41) is 8.63. The smallest absolute Gasteiger partial charge is 0.303 e. The van der Waals surface area contributed by atoms with Gasteiger partial charge in [0.2, 0.25) is 5.91 Å². The van der Waals surface area contributed by atoms with Crippen molar-refractivity contribution in [2.75, 3.05) is 13.1 Å². The highest BCUT2D eigenvalue weighted by atomic mass is 16.4. The first-order chi connectivity index (χ1) is 7.50. The van der Waals surface area contributed by atoms with Crippen LogP contribution in [0.3, 0.4) is 0 Å². The number of nitrogens with zero attached hydrogens (tertiary/aromatic N) is 1. The van der Waals surface area contributed by atoms with Crippen molar-refractivity contribution in [3.63, 3.8) is 0 Å². The van der Waals surface area contributed by atoms with Crippen LogP contribution in [-0.2, 0) is 9.59 Å². The fourth-order valence-corrected chi connectivity index (χ4v) is 2.19. The molecule has 1 atom stereocenters. The topological polar surface area (TPSA) is 57.6 Å². The molecular formula is C12H21NO3. The lowest BCUT2D eigenvalue weighted by molar-refractivity contribution is -0.137. The van der Waals surface area contributed by atoms with Crippen molar-refractivity contribution in [2.45, 2.75) is 39.5 Å². The second kappa shape index (κ2) is 5.87. The van der Waals surface area contributed by atoms with Gasteiger partial charge >= 0.3 is 5.97 Å². The zero-order chi connectivity index (χ0) is 12.1.